The highest BCUT2D eigenvalue weighted by Crippen LogP contribution is 2.29. The average Bonchev–Trinajstić information content (AvgIpc) is 2.26. The normalized spacial score (nSPS) is 40.2. The van der Waals surface area contributed by atoms with Gasteiger partial charge in [-0.1, -0.05) is 13.8 Å². The molecule has 3 nitrogen and oxygen atoms in total. The van der Waals surface area contributed by atoms with E-state index in [9.17, 15) is 0 Å². The molecule has 13 heavy (non-hydrogen) atoms. The molecule has 0 aromatic carbocycles. The summed E-state index contributed by atoms with van der Waals surface area (Å²) in [6.07, 6.45) is 1.56. The maximum atomic E-state index is 5.83. The zero-order valence-corrected chi connectivity index (χ0v) is 9.13. The van der Waals surface area contributed by atoms with Crippen molar-refractivity contribution in [2.45, 2.75) is 57.9 Å². The number of hydrogen-bond acceptors (Lipinski definition) is 3. The Morgan fingerprint density at radius 3 is 2.46 bits per heavy atom. The predicted octanol–water partition coefficient (Wildman–Crippen LogP) is 0.879. The molecule has 1 fully saturated rings. The van der Waals surface area contributed by atoms with Crippen LogP contribution in [0.4, 0.5) is 0 Å². The first-order valence-electron chi connectivity index (χ1n) is 5.13. The summed E-state index contributed by atoms with van der Waals surface area (Å²) in [6.45, 7) is 9.15. The van der Waals surface area contributed by atoms with Gasteiger partial charge in [-0.15, -0.1) is 0 Å². The number of hydrogen-bond donors (Lipinski definition) is 2. The van der Waals surface area contributed by atoms with E-state index in [4.69, 9.17) is 10.5 Å². The highest BCUT2D eigenvalue weighted by atomic mass is 16.5. The summed E-state index contributed by atoms with van der Waals surface area (Å²) in [5.41, 5.74) is 5.82. The van der Waals surface area contributed by atoms with Crippen LogP contribution in [-0.2, 0) is 4.74 Å². The van der Waals surface area contributed by atoms with E-state index in [1.165, 1.54) is 0 Å². The van der Waals surface area contributed by atoms with E-state index in [2.05, 4.69) is 33.0 Å². The Balaban J connectivity index is 2.68. The molecule has 0 bridgehead atoms. The van der Waals surface area contributed by atoms with Gasteiger partial charge in [0.1, 0.15) is 0 Å². The minimum absolute atomic E-state index is 0.00637. The SMILES string of the molecule is CC(C)NC1(CN)CC(C)OC1C. The van der Waals surface area contributed by atoms with E-state index >= 15 is 0 Å². The molecule has 1 saturated heterocycles. The van der Waals surface area contributed by atoms with Gasteiger partial charge in [-0.05, 0) is 20.3 Å². The molecule has 3 atom stereocenters. The van der Waals surface area contributed by atoms with E-state index in [0.717, 1.165) is 6.42 Å². The number of nitrogens with one attached hydrogen (secondary N) is 1. The van der Waals surface area contributed by atoms with Gasteiger partial charge in [0.2, 0.25) is 0 Å². The summed E-state index contributed by atoms with van der Waals surface area (Å²) in [7, 11) is 0. The zero-order chi connectivity index (χ0) is 10.1. The van der Waals surface area contributed by atoms with E-state index in [0.29, 0.717) is 18.7 Å². The predicted molar refractivity (Wildman–Crippen MR) is 54.7 cm³/mol. The van der Waals surface area contributed by atoms with Crippen molar-refractivity contribution >= 4 is 0 Å². The van der Waals surface area contributed by atoms with Crippen molar-refractivity contribution in [3.8, 4) is 0 Å². The fourth-order valence-corrected chi connectivity index (χ4v) is 2.27. The lowest BCUT2D eigenvalue weighted by molar-refractivity contribution is 0.0433. The van der Waals surface area contributed by atoms with Crippen LogP contribution >= 0.6 is 0 Å². The lowest BCUT2D eigenvalue weighted by Crippen LogP contribution is -2.58. The first-order valence-corrected chi connectivity index (χ1v) is 5.13. The van der Waals surface area contributed by atoms with Crippen molar-refractivity contribution in [2.75, 3.05) is 6.54 Å². The van der Waals surface area contributed by atoms with Crippen LogP contribution in [0.5, 0.6) is 0 Å². The van der Waals surface area contributed by atoms with E-state index in [-0.39, 0.29) is 11.6 Å². The second kappa shape index (κ2) is 3.95. The Morgan fingerprint density at radius 2 is 2.15 bits per heavy atom. The van der Waals surface area contributed by atoms with Gasteiger partial charge in [0.05, 0.1) is 17.7 Å². The Kier molecular flexibility index (Phi) is 3.33. The average molecular weight is 186 g/mol. The summed E-state index contributed by atoms with van der Waals surface area (Å²) in [5.74, 6) is 0. The van der Waals surface area contributed by atoms with Crippen LogP contribution in [-0.4, -0.2) is 30.3 Å². The van der Waals surface area contributed by atoms with Gasteiger partial charge in [0, 0.05) is 12.6 Å². The molecule has 1 heterocycles. The molecular weight excluding hydrogens is 164 g/mol. The Labute approximate surface area is 81.0 Å². The zero-order valence-electron chi connectivity index (χ0n) is 9.13. The molecule has 0 amide bonds. The molecule has 0 spiro atoms. The first kappa shape index (κ1) is 11.0. The Bertz CT molecular complexity index is 172. The molecule has 3 heteroatoms. The lowest BCUT2D eigenvalue weighted by Gasteiger charge is -2.34. The van der Waals surface area contributed by atoms with Gasteiger partial charge < -0.3 is 15.8 Å². The molecule has 0 aliphatic carbocycles. The van der Waals surface area contributed by atoms with Crippen molar-refractivity contribution in [1.29, 1.82) is 0 Å². The van der Waals surface area contributed by atoms with Crippen molar-refractivity contribution in [3.63, 3.8) is 0 Å². The van der Waals surface area contributed by atoms with Crippen molar-refractivity contribution < 1.29 is 4.74 Å². The van der Waals surface area contributed by atoms with Gasteiger partial charge in [0.25, 0.3) is 0 Å². The Morgan fingerprint density at radius 1 is 1.54 bits per heavy atom. The highest BCUT2D eigenvalue weighted by molar-refractivity contribution is 5.01. The largest absolute Gasteiger partial charge is 0.374 e. The van der Waals surface area contributed by atoms with Gasteiger partial charge in [0.15, 0.2) is 0 Å². The third kappa shape index (κ3) is 2.22. The fraction of sp³-hybridized carbons (Fsp3) is 1.00. The maximum absolute atomic E-state index is 5.83. The van der Waals surface area contributed by atoms with Gasteiger partial charge in [-0.25, -0.2) is 0 Å². The summed E-state index contributed by atoms with van der Waals surface area (Å²) in [5, 5.41) is 3.54. The summed E-state index contributed by atoms with van der Waals surface area (Å²) < 4.78 is 5.73. The standard InChI is InChI=1S/C10H22N2O/c1-7(2)12-10(6-11)5-8(3)13-9(10)4/h7-9,12H,5-6,11H2,1-4H3. The van der Waals surface area contributed by atoms with E-state index in [1.807, 2.05) is 0 Å². The first-order chi connectivity index (χ1) is 6.00. The topological polar surface area (TPSA) is 47.3 Å². The second-order valence-corrected chi connectivity index (χ2v) is 4.45. The van der Waals surface area contributed by atoms with Crippen LogP contribution in [0, 0.1) is 0 Å². The molecule has 0 aromatic heterocycles. The fourth-order valence-electron chi connectivity index (χ4n) is 2.27. The summed E-state index contributed by atoms with van der Waals surface area (Å²) in [4.78, 5) is 0. The minimum Gasteiger partial charge on any atom is -0.374 e. The molecule has 1 aliphatic heterocycles. The van der Waals surface area contributed by atoms with E-state index < -0.39 is 0 Å². The molecule has 0 aromatic rings. The van der Waals surface area contributed by atoms with Crippen LogP contribution in [0.3, 0.4) is 0 Å². The summed E-state index contributed by atoms with van der Waals surface area (Å²) >= 11 is 0. The van der Waals surface area contributed by atoms with Crippen molar-refractivity contribution in [1.82, 2.24) is 5.32 Å². The number of ether oxygens (including phenoxy) is 1. The van der Waals surface area contributed by atoms with Crippen molar-refractivity contribution in [3.05, 3.63) is 0 Å². The molecular formula is C10H22N2O. The van der Waals surface area contributed by atoms with Gasteiger partial charge >= 0.3 is 0 Å². The molecule has 0 saturated carbocycles. The summed E-state index contributed by atoms with van der Waals surface area (Å²) in [6, 6.07) is 0.458. The third-order valence-corrected chi connectivity index (χ3v) is 2.81. The highest BCUT2D eigenvalue weighted by Gasteiger charge is 2.43. The maximum Gasteiger partial charge on any atom is 0.0745 e. The third-order valence-electron chi connectivity index (χ3n) is 2.81. The monoisotopic (exact) mass is 186 g/mol. The van der Waals surface area contributed by atoms with Crippen LogP contribution in [0.25, 0.3) is 0 Å². The van der Waals surface area contributed by atoms with Crippen LogP contribution < -0.4 is 11.1 Å². The lowest BCUT2D eigenvalue weighted by atomic mass is 9.89. The van der Waals surface area contributed by atoms with Gasteiger partial charge in [-0.2, -0.15) is 0 Å². The second-order valence-electron chi connectivity index (χ2n) is 4.45. The number of rotatable bonds is 3. The molecule has 3 unspecified atom stereocenters. The van der Waals surface area contributed by atoms with Crippen molar-refractivity contribution in [2.24, 2.45) is 5.73 Å². The van der Waals surface area contributed by atoms with Crippen LogP contribution in [0.1, 0.15) is 34.1 Å². The molecule has 0 radical (unpaired) electrons. The smallest absolute Gasteiger partial charge is 0.0745 e. The van der Waals surface area contributed by atoms with E-state index in [1.54, 1.807) is 0 Å². The van der Waals surface area contributed by atoms with Crippen LogP contribution in [0.2, 0.25) is 0 Å². The molecule has 1 rings (SSSR count). The molecule has 78 valence electrons. The molecule has 1 aliphatic rings. The minimum atomic E-state index is -0.00637. The number of nitrogens with two attached hydrogens (primary N) is 1. The quantitative estimate of drug-likeness (QED) is 0.688. The Hall–Kier alpha value is -0.120. The van der Waals surface area contributed by atoms with Gasteiger partial charge in [-0.3, -0.25) is 0 Å². The molecule has 3 N–H and O–H groups in total. The van der Waals surface area contributed by atoms with Crippen LogP contribution in [0.15, 0.2) is 0 Å².